The van der Waals surface area contributed by atoms with Crippen LogP contribution in [-0.2, 0) is 4.79 Å². The monoisotopic (exact) mass is 459 g/mol. The molecule has 0 spiro atoms. The van der Waals surface area contributed by atoms with E-state index < -0.39 is 12.0 Å². The maximum atomic E-state index is 12.3. The van der Waals surface area contributed by atoms with E-state index in [1.165, 1.54) is 11.1 Å². The van der Waals surface area contributed by atoms with Crippen molar-refractivity contribution in [3.05, 3.63) is 107 Å². The maximum Gasteiger partial charge on any atom is 0.325 e. The average molecular weight is 460 g/mol. The quantitative estimate of drug-likeness (QED) is 0.408. The van der Waals surface area contributed by atoms with Gasteiger partial charge in [0.15, 0.2) is 0 Å². The Kier molecular flexibility index (Phi) is 6.18. The van der Waals surface area contributed by atoms with E-state index in [9.17, 15) is 9.90 Å². The fraction of sp³-hybridized carbons (Fsp3) is 0.222. The van der Waals surface area contributed by atoms with Crippen LogP contribution in [0, 0.1) is 0 Å². The first-order valence-corrected chi connectivity index (χ1v) is 11.6. The molecule has 2 atom stereocenters. The molecule has 33 heavy (non-hydrogen) atoms. The molecular formula is C27H26ClN3O2. The summed E-state index contributed by atoms with van der Waals surface area (Å²) in [5.74, 6) is -0.814. The Morgan fingerprint density at radius 3 is 2.12 bits per heavy atom. The predicted octanol–water partition coefficient (Wildman–Crippen LogP) is 5.35. The van der Waals surface area contributed by atoms with Gasteiger partial charge in [-0.3, -0.25) is 14.6 Å². The predicted molar refractivity (Wildman–Crippen MR) is 132 cm³/mol. The highest BCUT2D eigenvalue weighted by atomic mass is 35.5. The molecule has 5 nitrogen and oxygen atoms in total. The smallest absolute Gasteiger partial charge is 0.325 e. The standard InChI is InChI=1S/C27H26ClN3O2/c28-21-12-10-20(11-13-21)25(19-6-2-1-3-7-19)30-14-16-31(17-15-30)26(27(32)33)23-18-29-24-9-5-4-8-22(23)24/h1-13,18,25-26,29H,14-17H2,(H,32,33)/t25-,26-/m1/s1. The summed E-state index contributed by atoms with van der Waals surface area (Å²) in [6, 6.07) is 25.8. The highest BCUT2D eigenvalue weighted by Gasteiger charge is 2.34. The average Bonchev–Trinajstić information content (AvgIpc) is 3.26. The van der Waals surface area contributed by atoms with Crippen LogP contribution in [0.3, 0.4) is 0 Å². The number of aromatic amines is 1. The fourth-order valence-electron chi connectivity index (χ4n) is 4.95. The number of nitrogens with one attached hydrogen (secondary N) is 1. The van der Waals surface area contributed by atoms with Gasteiger partial charge in [0.05, 0.1) is 6.04 Å². The number of carboxylic acid groups (broad SMARTS) is 1. The number of aromatic nitrogens is 1. The molecule has 5 rings (SSSR count). The van der Waals surface area contributed by atoms with E-state index >= 15 is 0 Å². The first-order valence-electron chi connectivity index (χ1n) is 11.2. The second kappa shape index (κ2) is 9.40. The van der Waals surface area contributed by atoms with Gasteiger partial charge >= 0.3 is 5.97 Å². The zero-order valence-corrected chi connectivity index (χ0v) is 18.9. The molecule has 0 radical (unpaired) electrons. The van der Waals surface area contributed by atoms with Gasteiger partial charge in [0, 0.05) is 53.9 Å². The van der Waals surface area contributed by atoms with Gasteiger partial charge in [-0.15, -0.1) is 0 Å². The molecule has 1 aromatic heterocycles. The van der Waals surface area contributed by atoms with E-state index in [0.29, 0.717) is 13.1 Å². The van der Waals surface area contributed by atoms with Crippen molar-refractivity contribution in [2.24, 2.45) is 0 Å². The van der Waals surface area contributed by atoms with Crippen molar-refractivity contribution in [2.75, 3.05) is 26.2 Å². The van der Waals surface area contributed by atoms with Gasteiger partial charge < -0.3 is 10.1 Å². The summed E-state index contributed by atoms with van der Waals surface area (Å²) in [6.07, 6.45) is 1.84. The van der Waals surface area contributed by atoms with Gasteiger partial charge in [-0.2, -0.15) is 0 Å². The summed E-state index contributed by atoms with van der Waals surface area (Å²) in [5.41, 5.74) is 4.19. The van der Waals surface area contributed by atoms with Crippen LogP contribution in [-0.4, -0.2) is 52.0 Å². The molecule has 0 saturated carbocycles. The van der Waals surface area contributed by atoms with Crippen LogP contribution in [0.2, 0.25) is 5.02 Å². The molecule has 0 amide bonds. The van der Waals surface area contributed by atoms with Gasteiger partial charge in [-0.05, 0) is 29.3 Å². The Labute approximate surface area is 198 Å². The molecule has 0 aliphatic carbocycles. The first kappa shape index (κ1) is 21.7. The number of fused-ring (bicyclic) bond motifs is 1. The van der Waals surface area contributed by atoms with Crippen molar-refractivity contribution >= 4 is 28.5 Å². The molecule has 1 saturated heterocycles. The largest absolute Gasteiger partial charge is 0.480 e. The second-order valence-corrected chi connectivity index (χ2v) is 8.90. The van der Waals surface area contributed by atoms with Crippen LogP contribution in [0.5, 0.6) is 0 Å². The summed E-state index contributed by atoms with van der Waals surface area (Å²) in [6.45, 7) is 2.89. The van der Waals surface area contributed by atoms with Crippen LogP contribution in [0.25, 0.3) is 10.9 Å². The number of nitrogens with zero attached hydrogens (tertiary/aromatic N) is 2. The van der Waals surface area contributed by atoms with Crippen molar-refractivity contribution in [3.8, 4) is 0 Å². The molecule has 1 aliphatic heterocycles. The Morgan fingerprint density at radius 1 is 0.818 bits per heavy atom. The van der Waals surface area contributed by atoms with Crippen molar-refractivity contribution < 1.29 is 9.90 Å². The number of piperazine rings is 1. The molecule has 168 valence electrons. The number of aliphatic carboxylic acids is 1. The maximum absolute atomic E-state index is 12.3. The minimum absolute atomic E-state index is 0.0991. The number of hydrogen-bond donors (Lipinski definition) is 2. The fourth-order valence-corrected chi connectivity index (χ4v) is 5.08. The second-order valence-electron chi connectivity index (χ2n) is 8.47. The Balaban J connectivity index is 1.40. The molecule has 3 aromatic carbocycles. The molecule has 1 aliphatic rings. The van der Waals surface area contributed by atoms with Crippen molar-refractivity contribution in [3.63, 3.8) is 0 Å². The van der Waals surface area contributed by atoms with Gasteiger partial charge in [0.25, 0.3) is 0 Å². The molecular weight excluding hydrogens is 434 g/mol. The zero-order chi connectivity index (χ0) is 22.8. The highest BCUT2D eigenvalue weighted by molar-refractivity contribution is 6.30. The molecule has 0 unspecified atom stereocenters. The third-order valence-electron chi connectivity index (χ3n) is 6.53. The van der Waals surface area contributed by atoms with Crippen LogP contribution >= 0.6 is 11.6 Å². The number of rotatable bonds is 6. The number of halogens is 1. The lowest BCUT2D eigenvalue weighted by atomic mass is 9.96. The molecule has 1 fully saturated rings. The topological polar surface area (TPSA) is 59.6 Å². The van der Waals surface area contributed by atoms with E-state index in [0.717, 1.165) is 34.6 Å². The Morgan fingerprint density at radius 2 is 1.42 bits per heavy atom. The lowest BCUT2D eigenvalue weighted by Crippen LogP contribution is -2.50. The summed E-state index contributed by atoms with van der Waals surface area (Å²) in [4.78, 5) is 20.1. The number of carbonyl (C=O) groups is 1. The lowest BCUT2D eigenvalue weighted by Gasteiger charge is -2.41. The van der Waals surface area contributed by atoms with E-state index in [1.807, 2.05) is 48.7 Å². The number of H-pyrrole nitrogens is 1. The first-order chi connectivity index (χ1) is 16.1. The van der Waals surface area contributed by atoms with Gasteiger partial charge in [0.1, 0.15) is 6.04 Å². The molecule has 2 heterocycles. The van der Waals surface area contributed by atoms with E-state index in [4.69, 9.17) is 11.6 Å². The number of benzene rings is 3. The molecule has 4 aromatic rings. The van der Waals surface area contributed by atoms with Crippen LogP contribution < -0.4 is 0 Å². The summed E-state index contributed by atoms with van der Waals surface area (Å²) in [7, 11) is 0. The van der Waals surface area contributed by atoms with Gasteiger partial charge in [-0.25, -0.2) is 0 Å². The number of hydrogen-bond acceptors (Lipinski definition) is 3. The van der Waals surface area contributed by atoms with Gasteiger partial charge in [-0.1, -0.05) is 72.3 Å². The number of para-hydroxylation sites is 1. The summed E-state index contributed by atoms with van der Waals surface area (Å²) in [5, 5.41) is 11.8. The van der Waals surface area contributed by atoms with Crippen LogP contribution in [0.1, 0.15) is 28.8 Å². The van der Waals surface area contributed by atoms with Crippen LogP contribution in [0.15, 0.2) is 85.1 Å². The Bertz CT molecular complexity index is 1230. The van der Waals surface area contributed by atoms with E-state index in [-0.39, 0.29) is 6.04 Å². The van der Waals surface area contributed by atoms with Crippen LogP contribution in [0.4, 0.5) is 0 Å². The summed E-state index contributed by atoms with van der Waals surface area (Å²) < 4.78 is 0. The minimum Gasteiger partial charge on any atom is -0.480 e. The highest BCUT2D eigenvalue weighted by Crippen LogP contribution is 2.33. The molecule has 0 bridgehead atoms. The van der Waals surface area contributed by atoms with Crippen molar-refractivity contribution in [2.45, 2.75) is 12.1 Å². The third kappa shape index (κ3) is 4.40. The van der Waals surface area contributed by atoms with E-state index in [1.54, 1.807) is 0 Å². The molecule has 6 heteroatoms. The van der Waals surface area contributed by atoms with Crippen molar-refractivity contribution in [1.82, 2.24) is 14.8 Å². The zero-order valence-electron chi connectivity index (χ0n) is 18.2. The minimum atomic E-state index is -0.814. The summed E-state index contributed by atoms with van der Waals surface area (Å²) >= 11 is 6.14. The Hall–Kier alpha value is -3.12. The van der Waals surface area contributed by atoms with E-state index in [2.05, 4.69) is 51.2 Å². The third-order valence-corrected chi connectivity index (χ3v) is 6.78. The van der Waals surface area contributed by atoms with Crippen molar-refractivity contribution in [1.29, 1.82) is 0 Å². The molecule has 2 N–H and O–H groups in total. The number of carboxylic acids is 1. The lowest BCUT2D eigenvalue weighted by molar-refractivity contribution is -0.144. The normalized spacial score (nSPS) is 17.1. The SMILES string of the molecule is O=C(O)[C@@H](c1c[nH]c2ccccc12)N1CCN([C@H](c2ccccc2)c2ccc(Cl)cc2)CC1. The van der Waals surface area contributed by atoms with Gasteiger partial charge in [0.2, 0.25) is 0 Å².